The minimum Gasteiger partial charge on any atom is -0.196 e. The molecule has 0 aromatic heterocycles. The first-order valence-corrected chi connectivity index (χ1v) is 15.1. The number of benzene rings is 2. The van der Waals surface area contributed by atoms with Crippen LogP contribution in [0.4, 0.5) is 0 Å². The van der Waals surface area contributed by atoms with Crippen LogP contribution >= 0.6 is 0 Å². The lowest BCUT2D eigenvalue weighted by molar-refractivity contribution is 0.0359. The van der Waals surface area contributed by atoms with E-state index in [2.05, 4.69) is 84.9 Å². The highest BCUT2D eigenvalue weighted by Crippen LogP contribution is 2.78. The molecule has 0 radical (unpaired) electrons. The molecule has 2 saturated carbocycles. The molecule has 40 heavy (non-hydrogen) atoms. The van der Waals surface area contributed by atoms with Crippen molar-refractivity contribution >= 4 is 0 Å². The fraction of sp³-hybridized carbons (Fsp3) is 0.500. The zero-order valence-electron chi connectivity index (χ0n) is 23.2. The molecule has 0 N–H and O–H groups in total. The molecule has 6 rings (SSSR count). The van der Waals surface area contributed by atoms with Crippen LogP contribution in [0.25, 0.3) is 0 Å². The Labute approximate surface area is 238 Å². The SMILES string of the molecule is N#CC1(C#N)[C@@H]2CCCCCC[C@@]3(c4ccccc4)C2=C2[C@H](CCCCCC[C@]23c2ccccc2)C1(C#N)C#N. The molecule has 0 saturated heterocycles. The van der Waals surface area contributed by atoms with Gasteiger partial charge >= 0.3 is 0 Å². The van der Waals surface area contributed by atoms with E-state index in [4.69, 9.17) is 0 Å². The van der Waals surface area contributed by atoms with Crippen molar-refractivity contribution < 1.29 is 0 Å². The molecule has 4 aliphatic carbocycles. The van der Waals surface area contributed by atoms with Gasteiger partial charge in [-0.3, -0.25) is 0 Å². The Hall–Kier alpha value is -3.86. The van der Waals surface area contributed by atoms with E-state index in [1.165, 1.54) is 22.3 Å². The molecule has 2 aromatic carbocycles. The van der Waals surface area contributed by atoms with Crippen LogP contribution in [-0.2, 0) is 10.8 Å². The van der Waals surface area contributed by atoms with Crippen LogP contribution in [0, 0.1) is 68.0 Å². The highest BCUT2D eigenvalue weighted by Gasteiger charge is 2.78. The van der Waals surface area contributed by atoms with Crippen LogP contribution in [0.1, 0.15) is 88.2 Å². The van der Waals surface area contributed by atoms with Crippen molar-refractivity contribution in [3.63, 3.8) is 0 Å². The van der Waals surface area contributed by atoms with Crippen molar-refractivity contribution in [1.82, 2.24) is 0 Å². The molecule has 4 atom stereocenters. The van der Waals surface area contributed by atoms with Crippen molar-refractivity contribution in [2.45, 2.75) is 87.9 Å². The smallest absolute Gasteiger partial charge is 0.182 e. The standard InChI is InChI=1S/C36H36N4/c37-23-33(24-38)29-19-11-1-3-13-21-35(27-15-7-5-8-16-27)31(29)32-30(34(33,25-39)26-40)20-12-2-4-14-22-36(32,35)28-17-9-6-10-18-28/h5-10,15-18,29-30H,1-4,11-14,19-22H2/t29-,30+,35-,36+. The van der Waals surface area contributed by atoms with E-state index in [-0.39, 0.29) is 10.8 Å². The van der Waals surface area contributed by atoms with Crippen LogP contribution in [0.15, 0.2) is 71.8 Å². The highest BCUT2D eigenvalue weighted by atomic mass is 14.8. The number of allylic oxidation sites excluding steroid dienone is 2. The number of rotatable bonds is 2. The second-order valence-electron chi connectivity index (χ2n) is 12.4. The summed E-state index contributed by atoms with van der Waals surface area (Å²) in [5, 5.41) is 43.7. The lowest BCUT2D eigenvalue weighted by atomic mass is 9.29. The van der Waals surface area contributed by atoms with Gasteiger partial charge in [-0.25, -0.2) is 0 Å². The Morgan fingerprint density at radius 3 is 1.18 bits per heavy atom. The Morgan fingerprint density at radius 1 is 0.475 bits per heavy atom. The maximum Gasteiger partial charge on any atom is 0.182 e. The number of nitriles is 4. The first-order chi connectivity index (χ1) is 19.6. The minimum absolute atomic E-state index is 0.376. The summed E-state index contributed by atoms with van der Waals surface area (Å²) in [6.07, 6.45) is 11.4. The lowest BCUT2D eigenvalue weighted by Crippen LogP contribution is -2.70. The van der Waals surface area contributed by atoms with Gasteiger partial charge in [-0.15, -0.1) is 0 Å². The second kappa shape index (κ2) is 9.96. The maximum atomic E-state index is 10.9. The van der Waals surface area contributed by atoms with E-state index in [1.807, 2.05) is 0 Å². The van der Waals surface area contributed by atoms with Crippen LogP contribution in [0.2, 0.25) is 0 Å². The first-order valence-electron chi connectivity index (χ1n) is 15.1. The third kappa shape index (κ3) is 3.09. The predicted octanol–water partition coefficient (Wildman–Crippen LogP) is 8.19. The molecule has 0 unspecified atom stereocenters. The maximum absolute atomic E-state index is 10.9. The monoisotopic (exact) mass is 524 g/mol. The summed E-state index contributed by atoms with van der Waals surface area (Å²) in [5.74, 6) is -0.882. The van der Waals surface area contributed by atoms with Gasteiger partial charge < -0.3 is 0 Å². The van der Waals surface area contributed by atoms with E-state index in [1.54, 1.807) is 0 Å². The molecule has 2 fully saturated rings. The summed E-state index contributed by atoms with van der Waals surface area (Å²) in [7, 11) is 0. The van der Waals surface area contributed by atoms with Gasteiger partial charge in [0.05, 0.1) is 24.3 Å². The van der Waals surface area contributed by atoms with Crippen molar-refractivity contribution in [3.05, 3.63) is 82.9 Å². The molecular weight excluding hydrogens is 488 g/mol. The summed E-state index contributed by atoms with van der Waals surface area (Å²) in [6.45, 7) is 0. The lowest BCUT2D eigenvalue weighted by Gasteiger charge is -2.70. The third-order valence-electron chi connectivity index (χ3n) is 11.1. The summed E-state index contributed by atoms with van der Waals surface area (Å²) in [5.41, 5.74) is 0.822. The summed E-state index contributed by atoms with van der Waals surface area (Å²) < 4.78 is 0. The van der Waals surface area contributed by atoms with Crippen LogP contribution in [0.5, 0.6) is 0 Å². The number of hydrogen-bond donors (Lipinski definition) is 0. The molecule has 4 heteroatoms. The Bertz CT molecular complexity index is 1340. The van der Waals surface area contributed by atoms with Gasteiger partial charge in [-0.1, -0.05) is 123 Å². The fourth-order valence-corrected chi connectivity index (χ4v) is 9.66. The van der Waals surface area contributed by atoms with Gasteiger partial charge in [0, 0.05) is 22.7 Å². The van der Waals surface area contributed by atoms with Crippen molar-refractivity contribution in [2.75, 3.05) is 0 Å². The quantitative estimate of drug-likeness (QED) is 0.370. The summed E-state index contributed by atoms with van der Waals surface area (Å²) in [6, 6.07) is 31.2. The number of fused-ring (bicyclic) bond motifs is 1. The van der Waals surface area contributed by atoms with E-state index in [0.717, 1.165) is 64.2 Å². The molecule has 0 heterocycles. The van der Waals surface area contributed by atoms with Gasteiger partial charge in [0.2, 0.25) is 0 Å². The molecular formula is C36H36N4. The van der Waals surface area contributed by atoms with Crippen LogP contribution in [-0.4, -0.2) is 0 Å². The molecule has 2 aromatic rings. The number of nitrogens with zero attached hydrogens (tertiary/aromatic N) is 4. The fourth-order valence-electron chi connectivity index (χ4n) is 9.66. The van der Waals surface area contributed by atoms with E-state index < -0.39 is 22.7 Å². The number of hydrogen-bond acceptors (Lipinski definition) is 4. The first kappa shape index (κ1) is 26.4. The Morgan fingerprint density at radius 2 is 0.825 bits per heavy atom. The molecule has 0 aliphatic heterocycles. The van der Waals surface area contributed by atoms with Crippen LogP contribution in [0.3, 0.4) is 0 Å². The van der Waals surface area contributed by atoms with Crippen LogP contribution < -0.4 is 0 Å². The normalized spacial score (nSPS) is 32.2. The topological polar surface area (TPSA) is 95.2 Å². The molecule has 200 valence electrons. The molecule has 0 amide bonds. The van der Waals surface area contributed by atoms with Crippen molar-refractivity contribution in [2.24, 2.45) is 22.7 Å². The second-order valence-corrected chi connectivity index (χ2v) is 12.4. The largest absolute Gasteiger partial charge is 0.196 e. The van der Waals surface area contributed by atoms with Crippen molar-refractivity contribution in [1.29, 1.82) is 21.0 Å². The summed E-state index contributed by atoms with van der Waals surface area (Å²) in [4.78, 5) is 0. The molecule has 4 nitrogen and oxygen atoms in total. The van der Waals surface area contributed by atoms with Gasteiger partial charge in [0.15, 0.2) is 10.8 Å². The molecule has 0 bridgehead atoms. The Kier molecular flexibility index (Phi) is 6.56. The average molecular weight is 525 g/mol. The van der Waals surface area contributed by atoms with E-state index in [0.29, 0.717) is 12.8 Å². The van der Waals surface area contributed by atoms with Gasteiger partial charge in [0.25, 0.3) is 0 Å². The van der Waals surface area contributed by atoms with E-state index in [9.17, 15) is 21.0 Å². The van der Waals surface area contributed by atoms with Crippen molar-refractivity contribution in [3.8, 4) is 24.3 Å². The van der Waals surface area contributed by atoms with Gasteiger partial charge in [0.1, 0.15) is 0 Å². The zero-order valence-corrected chi connectivity index (χ0v) is 23.2. The summed E-state index contributed by atoms with van der Waals surface area (Å²) >= 11 is 0. The third-order valence-corrected chi connectivity index (χ3v) is 11.1. The molecule has 4 aliphatic rings. The molecule has 0 spiro atoms. The van der Waals surface area contributed by atoms with Gasteiger partial charge in [-0.2, -0.15) is 21.0 Å². The highest BCUT2D eigenvalue weighted by molar-refractivity contribution is 5.69. The Balaban J connectivity index is 1.83. The van der Waals surface area contributed by atoms with E-state index >= 15 is 0 Å². The van der Waals surface area contributed by atoms with Gasteiger partial charge in [-0.05, 0) is 36.8 Å². The zero-order chi connectivity index (χ0) is 27.8. The minimum atomic E-state index is -1.71. The average Bonchev–Trinajstić information content (AvgIpc) is 3.15. The predicted molar refractivity (Wildman–Crippen MR) is 153 cm³/mol.